The second kappa shape index (κ2) is 11.0. The zero-order chi connectivity index (χ0) is 28.3. The van der Waals surface area contributed by atoms with E-state index in [0.717, 1.165) is 0 Å². The van der Waals surface area contributed by atoms with Crippen molar-refractivity contribution in [2.45, 2.75) is 25.2 Å². The van der Waals surface area contributed by atoms with Crippen LogP contribution in [0.4, 0.5) is 5.95 Å². The number of nitrogens with one attached hydrogen (secondary N) is 1. The molecule has 4 rings (SSSR count). The van der Waals surface area contributed by atoms with Gasteiger partial charge in [0.1, 0.15) is 34.2 Å². The number of methoxy groups -OCH3 is 3. The quantitative estimate of drug-likeness (QED) is 0.326. The predicted molar refractivity (Wildman–Crippen MR) is 139 cm³/mol. The van der Waals surface area contributed by atoms with Crippen molar-refractivity contribution >= 4 is 27.6 Å². The molecule has 204 valence electrons. The van der Waals surface area contributed by atoms with Gasteiger partial charge in [-0.3, -0.25) is 14.3 Å². The Labute approximate surface area is 223 Å². The maximum atomic E-state index is 13.5. The van der Waals surface area contributed by atoms with Crippen LogP contribution in [0.2, 0.25) is 0 Å². The number of rotatable bonds is 9. The standard InChI is InChI=1S/C24H25N7O7S/c1-13-12-25-19(23(26-13)38-5)21(33)14(2)39(34,35)30-24-29-28-22(15-8-6-11-18(27-15)37-4)31(24)20-16(32)9-7-10-17(20)36-3/h7,9-12,14,21,32-33H,1-5H3,(H,29,30)/t14-,21+/m0/s1. The molecule has 15 heteroatoms. The number of hydrogen-bond donors (Lipinski definition) is 3. The third-order valence-electron chi connectivity index (χ3n) is 5.64. The lowest BCUT2D eigenvalue weighted by Gasteiger charge is -2.21. The van der Waals surface area contributed by atoms with Gasteiger partial charge in [0.15, 0.2) is 11.5 Å². The van der Waals surface area contributed by atoms with Crippen molar-refractivity contribution in [1.29, 1.82) is 0 Å². The second-order valence-electron chi connectivity index (χ2n) is 8.13. The van der Waals surface area contributed by atoms with Gasteiger partial charge >= 0.3 is 0 Å². The molecule has 0 bridgehead atoms. The molecule has 3 N–H and O–H groups in total. The van der Waals surface area contributed by atoms with Crippen LogP contribution in [-0.4, -0.2) is 75.8 Å². The van der Waals surface area contributed by atoms with E-state index >= 15 is 0 Å². The summed E-state index contributed by atoms with van der Waals surface area (Å²) < 4.78 is 46.2. The fourth-order valence-corrected chi connectivity index (χ4v) is 4.63. The maximum absolute atomic E-state index is 13.5. The van der Waals surface area contributed by atoms with Crippen LogP contribution < -0.4 is 14.2 Å². The Bertz CT molecular complexity index is 1650. The average molecular weight is 556 g/mol. The van der Waals surface area contributed by atoms with E-state index in [2.05, 4.69) is 41.3 Å². The van der Waals surface area contributed by atoms with Crippen LogP contribution in [0, 0.1) is 6.92 Å². The summed E-state index contributed by atoms with van der Waals surface area (Å²) in [5.74, 6) is -0.253. The highest BCUT2D eigenvalue weighted by molar-refractivity contribution is 7.93. The molecule has 0 fully saturated rings. The number of sulfonamides is 1. The number of para-hydroxylation sites is 1. The number of phenolic OH excluding ortho intramolecular Hbond substituents is 1. The summed E-state index contributed by atoms with van der Waals surface area (Å²) in [5.41, 5.74) is 6.09. The molecule has 0 amide bonds. The zero-order valence-corrected chi connectivity index (χ0v) is 22.4. The van der Waals surface area contributed by atoms with Gasteiger partial charge in [0.05, 0.1) is 33.1 Å². The molecule has 0 saturated carbocycles. The number of nitrogens with zero attached hydrogens (tertiary/aromatic N) is 6. The Morgan fingerprint density at radius 1 is 1.13 bits per heavy atom. The molecule has 0 unspecified atom stereocenters. The van der Waals surface area contributed by atoms with Crippen molar-refractivity contribution in [2.75, 3.05) is 26.1 Å². The lowest BCUT2D eigenvalue weighted by atomic mass is 10.2. The van der Waals surface area contributed by atoms with Crippen molar-refractivity contribution in [3.05, 3.63) is 59.1 Å². The summed E-state index contributed by atoms with van der Waals surface area (Å²) in [6.45, 7) is 2.96. The molecule has 0 saturated heterocycles. The second-order valence-corrected chi connectivity index (χ2v) is 10.2. The van der Waals surface area contributed by atoms with Crippen LogP contribution >= 0.6 is 0 Å². The van der Waals surface area contributed by atoms with E-state index in [0.29, 0.717) is 5.69 Å². The molecule has 0 spiro atoms. The fraction of sp³-hybridized carbons (Fsp3) is 0.292. The maximum Gasteiger partial charge on any atom is 0.243 e. The molecule has 2 atom stereocenters. The molecule has 39 heavy (non-hydrogen) atoms. The van der Waals surface area contributed by atoms with Gasteiger partial charge < -0.3 is 24.4 Å². The van der Waals surface area contributed by atoms with Crippen LogP contribution in [0.25, 0.3) is 11.4 Å². The topological polar surface area (TPSA) is 183 Å². The van der Waals surface area contributed by atoms with Crippen LogP contribution in [0.15, 0.2) is 46.9 Å². The van der Waals surface area contributed by atoms with Crippen LogP contribution in [0.5, 0.6) is 17.4 Å². The first kappa shape index (κ1) is 27.4. The van der Waals surface area contributed by atoms with Crippen molar-refractivity contribution in [3.63, 3.8) is 0 Å². The molecule has 3 heterocycles. The Kier molecular flexibility index (Phi) is 7.70. The molecule has 14 nitrogen and oxygen atoms in total. The number of ether oxygens (including phenoxy) is 3. The number of aliphatic hydroxyl groups excluding tert-OH is 1. The largest absolute Gasteiger partial charge is 0.506 e. The number of phenols is 1. The number of hydrogen-bond acceptors (Lipinski definition) is 12. The Hall–Kier alpha value is -4.68. The van der Waals surface area contributed by atoms with E-state index in [1.54, 1.807) is 19.1 Å². The average Bonchev–Trinajstić information content (AvgIpc) is 3.33. The van der Waals surface area contributed by atoms with E-state index in [4.69, 9.17) is 14.2 Å². The van der Waals surface area contributed by atoms with Crippen molar-refractivity contribution in [1.82, 2.24) is 24.7 Å². The third kappa shape index (κ3) is 5.33. The minimum Gasteiger partial charge on any atom is -0.506 e. The molecule has 0 radical (unpaired) electrons. The number of aromatic hydroxyl groups is 1. The predicted octanol–water partition coefficient (Wildman–Crippen LogP) is 1.66. The molecule has 2 aromatic heterocycles. The van der Waals surface area contributed by atoms with Gasteiger partial charge in [-0.1, -0.05) is 11.8 Å². The van der Waals surface area contributed by atoms with E-state index < -0.39 is 21.4 Å². The normalized spacial score (nSPS) is 14.3. The van der Waals surface area contributed by atoms with Crippen molar-refractivity contribution < 1.29 is 32.8 Å². The van der Waals surface area contributed by atoms with E-state index in [1.807, 2.05) is 0 Å². The van der Waals surface area contributed by atoms with Crippen LogP contribution in [0.3, 0.4) is 0 Å². The molecule has 1 aliphatic heterocycles. The molecule has 1 aromatic carbocycles. The lowest BCUT2D eigenvalue weighted by molar-refractivity contribution is 0.165. The summed E-state index contributed by atoms with van der Waals surface area (Å²) in [6.07, 6.45) is 1.21. The molecular formula is C24H25N7O7S. The van der Waals surface area contributed by atoms with Crippen molar-refractivity contribution in [2.24, 2.45) is 4.99 Å². The van der Waals surface area contributed by atoms with E-state index in [9.17, 15) is 18.6 Å². The SMILES string of the molecule is COC1=NC(c2nnc(NS(=O)(=O)[C@@H](C)[C@@H](O)c3ncc(C)nc3OC)n2-c2c(O)cccc2OC)=C=C=C1. The first-order chi connectivity index (χ1) is 18.6. The molecule has 3 aromatic rings. The number of aliphatic hydroxyl groups is 1. The summed E-state index contributed by atoms with van der Waals surface area (Å²) in [4.78, 5) is 12.5. The van der Waals surface area contributed by atoms with E-state index in [-0.39, 0.29) is 52.1 Å². The zero-order valence-electron chi connectivity index (χ0n) is 21.6. The Balaban J connectivity index is 1.82. The van der Waals surface area contributed by atoms with Gasteiger partial charge in [-0.05, 0) is 31.7 Å². The Morgan fingerprint density at radius 3 is 2.59 bits per heavy atom. The minimum absolute atomic E-state index is 0.00941. The number of benzene rings is 1. The highest BCUT2D eigenvalue weighted by Gasteiger charge is 2.35. The third-order valence-corrected chi connectivity index (χ3v) is 7.35. The van der Waals surface area contributed by atoms with Gasteiger partial charge in [-0.2, -0.15) is 0 Å². The minimum atomic E-state index is -4.37. The highest BCUT2D eigenvalue weighted by atomic mass is 32.2. The smallest absolute Gasteiger partial charge is 0.243 e. The van der Waals surface area contributed by atoms with Gasteiger partial charge in [-0.15, -0.1) is 10.2 Å². The van der Waals surface area contributed by atoms with Gasteiger partial charge in [0.2, 0.25) is 27.7 Å². The number of aromatic nitrogens is 5. The van der Waals surface area contributed by atoms with Crippen LogP contribution in [-0.2, 0) is 14.8 Å². The monoisotopic (exact) mass is 555 g/mol. The summed E-state index contributed by atoms with van der Waals surface area (Å²) in [6, 6.07) is 4.48. The summed E-state index contributed by atoms with van der Waals surface area (Å²) >= 11 is 0. The van der Waals surface area contributed by atoms with Gasteiger partial charge in [0.25, 0.3) is 0 Å². The van der Waals surface area contributed by atoms with E-state index in [1.165, 1.54) is 51.2 Å². The van der Waals surface area contributed by atoms with Gasteiger partial charge in [-0.25, -0.2) is 18.4 Å². The number of aliphatic imine (C=N–C) groups is 1. The molecular weight excluding hydrogens is 530 g/mol. The van der Waals surface area contributed by atoms with Gasteiger partial charge in [0, 0.05) is 6.20 Å². The van der Waals surface area contributed by atoms with Crippen molar-refractivity contribution in [3.8, 4) is 23.1 Å². The highest BCUT2D eigenvalue weighted by Crippen LogP contribution is 2.37. The summed E-state index contributed by atoms with van der Waals surface area (Å²) in [5, 5.41) is 28.3. The molecule has 0 aliphatic carbocycles. The molecule has 1 aliphatic rings. The lowest BCUT2D eigenvalue weighted by Crippen LogP contribution is -2.32. The number of anilines is 1. The number of aryl methyl sites for hydroxylation is 1. The Morgan fingerprint density at radius 2 is 1.90 bits per heavy atom. The first-order valence-electron chi connectivity index (χ1n) is 11.3. The summed E-state index contributed by atoms with van der Waals surface area (Å²) in [7, 11) is -0.245. The van der Waals surface area contributed by atoms with Crippen LogP contribution in [0.1, 0.15) is 30.2 Å². The first-order valence-corrected chi connectivity index (χ1v) is 12.9. The fourth-order valence-electron chi connectivity index (χ4n) is 3.59.